The number of alkyl halides is 3. The zero-order chi connectivity index (χ0) is 22.2. The predicted molar refractivity (Wildman–Crippen MR) is 107 cm³/mol. The van der Waals surface area contributed by atoms with Gasteiger partial charge in [0.2, 0.25) is 10.0 Å². The van der Waals surface area contributed by atoms with Crippen LogP contribution in [0.3, 0.4) is 0 Å². The minimum atomic E-state index is -4.61. The molecule has 3 aromatic rings. The molecule has 1 fully saturated rings. The van der Waals surface area contributed by atoms with Gasteiger partial charge in [0.05, 0.1) is 16.0 Å². The van der Waals surface area contributed by atoms with Crippen molar-refractivity contribution >= 4 is 20.9 Å². The van der Waals surface area contributed by atoms with Gasteiger partial charge >= 0.3 is 6.18 Å². The Labute approximate surface area is 177 Å². The van der Waals surface area contributed by atoms with Gasteiger partial charge in [0.1, 0.15) is 5.82 Å². The maximum absolute atomic E-state index is 14.0. The van der Waals surface area contributed by atoms with Gasteiger partial charge in [-0.2, -0.15) is 17.5 Å². The first kappa shape index (κ1) is 21.7. The van der Waals surface area contributed by atoms with Crippen molar-refractivity contribution in [3.8, 4) is 0 Å². The van der Waals surface area contributed by atoms with Crippen molar-refractivity contribution in [2.45, 2.75) is 17.6 Å². The average Bonchev–Trinajstić information content (AvgIpc) is 2.76. The van der Waals surface area contributed by atoms with Crippen LogP contribution < -0.4 is 0 Å². The Bertz CT molecular complexity index is 1210. The highest BCUT2D eigenvalue weighted by Crippen LogP contribution is 2.31. The van der Waals surface area contributed by atoms with Crippen LogP contribution in [0, 0.1) is 5.82 Å². The zero-order valence-electron chi connectivity index (χ0n) is 16.3. The van der Waals surface area contributed by atoms with Crippen LogP contribution >= 0.6 is 0 Å². The average molecular weight is 453 g/mol. The smallest absolute Gasteiger partial charge is 0.296 e. The Balaban J connectivity index is 1.47. The van der Waals surface area contributed by atoms with Crippen LogP contribution in [0.4, 0.5) is 17.6 Å². The summed E-state index contributed by atoms with van der Waals surface area (Å²) >= 11 is 0. The van der Waals surface area contributed by atoms with E-state index in [1.165, 1.54) is 16.4 Å². The van der Waals surface area contributed by atoms with Crippen LogP contribution in [0.15, 0.2) is 59.6 Å². The van der Waals surface area contributed by atoms with Crippen molar-refractivity contribution in [2.24, 2.45) is 0 Å². The van der Waals surface area contributed by atoms with E-state index >= 15 is 0 Å². The van der Waals surface area contributed by atoms with E-state index in [1.54, 1.807) is 24.4 Å². The highest BCUT2D eigenvalue weighted by Gasteiger charge is 2.34. The third kappa shape index (κ3) is 4.41. The minimum Gasteiger partial charge on any atom is -0.296 e. The lowest BCUT2D eigenvalue weighted by Crippen LogP contribution is -2.48. The van der Waals surface area contributed by atoms with Crippen LogP contribution in [0.25, 0.3) is 10.9 Å². The van der Waals surface area contributed by atoms with Crippen LogP contribution in [-0.2, 0) is 22.7 Å². The van der Waals surface area contributed by atoms with Crippen molar-refractivity contribution in [3.05, 3.63) is 71.7 Å². The maximum atomic E-state index is 14.0. The van der Waals surface area contributed by atoms with Crippen molar-refractivity contribution in [2.75, 3.05) is 26.2 Å². The molecule has 1 saturated heterocycles. The topological polar surface area (TPSA) is 53.5 Å². The summed E-state index contributed by atoms with van der Waals surface area (Å²) in [5, 5.41) is 0.422. The van der Waals surface area contributed by atoms with E-state index in [-0.39, 0.29) is 23.8 Å². The molecule has 0 amide bonds. The molecule has 0 bridgehead atoms. The number of nitrogens with zero attached hydrogens (tertiary/aromatic N) is 3. The van der Waals surface area contributed by atoms with E-state index in [2.05, 4.69) is 4.98 Å². The first-order valence-corrected chi connectivity index (χ1v) is 11.0. The van der Waals surface area contributed by atoms with E-state index in [1.807, 2.05) is 4.90 Å². The maximum Gasteiger partial charge on any atom is 0.416 e. The fraction of sp³-hybridized carbons (Fsp3) is 0.286. The van der Waals surface area contributed by atoms with Gasteiger partial charge in [-0.25, -0.2) is 12.8 Å². The van der Waals surface area contributed by atoms with Crippen molar-refractivity contribution in [1.29, 1.82) is 0 Å². The second-order valence-electron chi connectivity index (χ2n) is 7.31. The van der Waals surface area contributed by atoms with Crippen molar-refractivity contribution in [1.82, 2.24) is 14.2 Å². The fourth-order valence-electron chi connectivity index (χ4n) is 3.67. The van der Waals surface area contributed by atoms with Gasteiger partial charge in [-0.3, -0.25) is 9.88 Å². The molecule has 1 aliphatic heterocycles. The highest BCUT2D eigenvalue weighted by atomic mass is 32.2. The molecule has 0 unspecified atom stereocenters. The number of sulfonamides is 1. The fourth-order valence-corrected chi connectivity index (χ4v) is 5.14. The molecule has 164 valence electrons. The largest absolute Gasteiger partial charge is 0.416 e. The summed E-state index contributed by atoms with van der Waals surface area (Å²) in [5.74, 6) is -0.358. The summed E-state index contributed by atoms with van der Waals surface area (Å²) < 4.78 is 79.7. The van der Waals surface area contributed by atoms with E-state index in [0.717, 1.165) is 17.7 Å². The molecule has 1 aromatic heterocycles. The van der Waals surface area contributed by atoms with Crippen LogP contribution in [-0.4, -0.2) is 48.8 Å². The van der Waals surface area contributed by atoms with Crippen LogP contribution in [0.2, 0.25) is 0 Å². The van der Waals surface area contributed by atoms with Gasteiger partial charge in [-0.15, -0.1) is 0 Å². The number of hydrogen-bond donors (Lipinski definition) is 0. The number of fused-ring (bicyclic) bond motifs is 1. The van der Waals surface area contributed by atoms with Gasteiger partial charge in [0, 0.05) is 44.3 Å². The Morgan fingerprint density at radius 3 is 2.42 bits per heavy atom. The summed E-state index contributed by atoms with van der Waals surface area (Å²) in [6.45, 7) is 1.54. The molecule has 0 N–H and O–H groups in total. The lowest BCUT2D eigenvalue weighted by molar-refractivity contribution is -0.137. The molecule has 10 heteroatoms. The van der Waals surface area contributed by atoms with Crippen molar-refractivity contribution in [3.63, 3.8) is 0 Å². The second kappa shape index (κ2) is 8.18. The van der Waals surface area contributed by atoms with Gasteiger partial charge in [0.25, 0.3) is 0 Å². The first-order chi connectivity index (χ1) is 14.7. The lowest BCUT2D eigenvalue weighted by Gasteiger charge is -2.34. The standard InChI is InChI=1S/C21H19F4N3O2S/c22-19-7-6-15(20-18(19)5-2-8-26-20)14-27-9-11-28(12-10-27)31(29,30)17-4-1-3-16(13-17)21(23,24)25/h1-8,13H,9-12,14H2. The van der Waals surface area contributed by atoms with Crippen LogP contribution in [0.5, 0.6) is 0 Å². The van der Waals surface area contributed by atoms with Gasteiger partial charge in [0.15, 0.2) is 0 Å². The summed E-state index contributed by atoms with van der Waals surface area (Å²) in [7, 11) is -4.04. The Hall–Kier alpha value is -2.56. The molecule has 0 saturated carbocycles. The number of rotatable bonds is 4. The minimum absolute atomic E-state index is 0.144. The number of piperazine rings is 1. The van der Waals surface area contributed by atoms with E-state index in [9.17, 15) is 26.0 Å². The van der Waals surface area contributed by atoms with Gasteiger partial charge in [-0.05, 0) is 42.0 Å². The van der Waals surface area contributed by atoms with E-state index in [0.29, 0.717) is 36.6 Å². The molecule has 4 rings (SSSR count). The van der Waals surface area contributed by atoms with Crippen molar-refractivity contribution < 1.29 is 26.0 Å². The molecule has 5 nitrogen and oxygen atoms in total. The number of benzene rings is 2. The lowest BCUT2D eigenvalue weighted by atomic mass is 10.1. The summed E-state index contributed by atoms with van der Waals surface area (Å²) in [5.41, 5.74) is 0.385. The monoisotopic (exact) mass is 453 g/mol. The van der Waals surface area contributed by atoms with Gasteiger partial charge < -0.3 is 0 Å². The molecule has 0 atom stereocenters. The molecule has 0 radical (unpaired) electrons. The molecule has 2 heterocycles. The Morgan fingerprint density at radius 2 is 1.71 bits per heavy atom. The number of pyridine rings is 1. The molecule has 31 heavy (non-hydrogen) atoms. The molecule has 1 aliphatic rings. The Morgan fingerprint density at radius 1 is 0.968 bits per heavy atom. The third-order valence-corrected chi connectivity index (χ3v) is 7.22. The molecule has 0 spiro atoms. The van der Waals surface area contributed by atoms with E-state index < -0.39 is 21.8 Å². The quantitative estimate of drug-likeness (QED) is 0.563. The summed E-state index contributed by atoms with van der Waals surface area (Å²) in [4.78, 5) is 5.91. The molecule has 2 aromatic carbocycles. The predicted octanol–water partition coefficient (Wildman–Crippen LogP) is 3.90. The van der Waals surface area contributed by atoms with E-state index in [4.69, 9.17) is 0 Å². The number of hydrogen-bond acceptors (Lipinski definition) is 4. The third-order valence-electron chi connectivity index (χ3n) is 5.32. The molecule has 0 aliphatic carbocycles. The zero-order valence-corrected chi connectivity index (χ0v) is 17.1. The molecular weight excluding hydrogens is 434 g/mol. The summed E-state index contributed by atoms with van der Waals surface area (Å²) in [6, 6.07) is 10.1. The molecular formula is C21H19F4N3O2S. The van der Waals surface area contributed by atoms with Crippen LogP contribution in [0.1, 0.15) is 11.1 Å². The Kier molecular flexibility index (Phi) is 5.71. The number of aromatic nitrogens is 1. The first-order valence-electron chi connectivity index (χ1n) is 9.58. The second-order valence-corrected chi connectivity index (χ2v) is 9.25. The normalized spacial score (nSPS) is 16.6. The number of halogens is 4. The highest BCUT2D eigenvalue weighted by molar-refractivity contribution is 7.89. The SMILES string of the molecule is O=S(=O)(c1cccc(C(F)(F)F)c1)N1CCN(Cc2ccc(F)c3cccnc23)CC1. The summed E-state index contributed by atoms with van der Waals surface area (Å²) in [6.07, 6.45) is -3.03. The van der Waals surface area contributed by atoms with Gasteiger partial charge in [-0.1, -0.05) is 12.1 Å².